The molecule has 1 aliphatic heterocycles. The van der Waals surface area contributed by atoms with Crippen LogP contribution in [0.4, 0.5) is 4.39 Å². The molecule has 1 aromatic heterocycles. The van der Waals surface area contributed by atoms with Crippen molar-refractivity contribution in [2.24, 2.45) is 0 Å². The van der Waals surface area contributed by atoms with E-state index in [4.69, 9.17) is 5.10 Å². The highest BCUT2D eigenvalue weighted by molar-refractivity contribution is 5.94. The molecule has 3 aromatic rings. The lowest BCUT2D eigenvalue weighted by atomic mass is 10.1. The van der Waals surface area contributed by atoms with Gasteiger partial charge in [-0.1, -0.05) is 29.8 Å². The number of hydrogen-bond donors (Lipinski definition) is 0. The molecule has 0 bridgehead atoms. The minimum atomic E-state index is -0.270. The molecule has 2 heterocycles. The summed E-state index contributed by atoms with van der Waals surface area (Å²) in [6, 6.07) is 15.0. The Balaban J connectivity index is 1.32. The van der Waals surface area contributed by atoms with Crippen LogP contribution < -0.4 is 0 Å². The minimum Gasteiger partial charge on any atom is -0.336 e. The number of fused-ring (bicyclic) bond motifs is 1. The Bertz CT molecular complexity index is 1100. The lowest BCUT2D eigenvalue weighted by Gasteiger charge is -2.22. The molecule has 2 aromatic carbocycles. The fraction of sp³-hybridized carbons (Fsp3) is 0.385. The summed E-state index contributed by atoms with van der Waals surface area (Å²) in [5.74, 6) is -0.241. The highest BCUT2D eigenvalue weighted by Gasteiger charge is 2.30. The first-order chi connectivity index (χ1) is 15.6. The Labute approximate surface area is 188 Å². The molecule has 1 aliphatic carbocycles. The van der Waals surface area contributed by atoms with Crippen LogP contribution in [0.3, 0.4) is 0 Å². The molecule has 2 aliphatic rings. The van der Waals surface area contributed by atoms with Crippen LogP contribution in [0, 0.1) is 12.7 Å². The number of halogens is 1. The van der Waals surface area contributed by atoms with Crippen molar-refractivity contribution in [1.29, 1.82) is 0 Å². The minimum absolute atomic E-state index is 0.0289. The summed E-state index contributed by atoms with van der Waals surface area (Å²) in [6.07, 6.45) is 3.76. The molecule has 0 radical (unpaired) electrons. The Hall–Kier alpha value is -2.99. The fourth-order valence-electron chi connectivity index (χ4n) is 4.84. The number of carbonyl (C=O) groups is 1. The molecule has 1 amide bonds. The summed E-state index contributed by atoms with van der Waals surface area (Å²) in [7, 11) is 0. The average Bonchev–Trinajstić information content (AvgIpc) is 3.33. The van der Waals surface area contributed by atoms with Crippen molar-refractivity contribution in [3.63, 3.8) is 0 Å². The van der Waals surface area contributed by atoms with Gasteiger partial charge in [-0.2, -0.15) is 5.10 Å². The summed E-state index contributed by atoms with van der Waals surface area (Å²) >= 11 is 0. The van der Waals surface area contributed by atoms with Crippen molar-refractivity contribution in [2.75, 3.05) is 26.2 Å². The van der Waals surface area contributed by atoms with E-state index in [9.17, 15) is 9.18 Å². The molecular weight excluding hydrogens is 403 g/mol. The number of nitrogens with zero attached hydrogens (tertiary/aromatic N) is 4. The Morgan fingerprint density at radius 2 is 1.72 bits per heavy atom. The second kappa shape index (κ2) is 8.87. The van der Waals surface area contributed by atoms with Crippen molar-refractivity contribution in [3.8, 4) is 5.69 Å². The highest BCUT2D eigenvalue weighted by Crippen LogP contribution is 2.29. The maximum absolute atomic E-state index is 13.5. The summed E-state index contributed by atoms with van der Waals surface area (Å²) in [5.41, 5.74) is 6.13. The summed E-state index contributed by atoms with van der Waals surface area (Å²) in [5, 5.41) is 4.72. The number of carbonyl (C=O) groups excluding carboxylic acids is 1. The van der Waals surface area contributed by atoms with E-state index < -0.39 is 0 Å². The van der Waals surface area contributed by atoms with Crippen LogP contribution in [0.15, 0.2) is 48.5 Å². The summed E-state index contributed by atoms with van der Waals surface area (Å²) in [4.78, 5) is 17.9. The molecule has 0 N–H and O–H groups in total. The summed E-state index contributed by atoms with van der Waals surface area (Å²) in [6.45, 7) is 6.33. The van der Waals surface area contributed by atoms with Gasteiger partial charge in [0.1, 0.15) is 5.82 Å². The highest BCUT2D eigenvalue weighted by atomic mass is 19.1. The van der Waals surface area contributed by atoms with Gasteiger partial charge in [0.05, 0.1) is 5.69 Å². The first-order valence-electron chi connectivity index (χ1n) is 11.5. The van der Waals surface area contributed by atoms with Gasteiger partial charge in [-0.3, -0.25) is 9.69 Å². The molecule has 32 heavy (non-hydrogen) atoms. The maximum Gasteiger partial charge on any atom is 0.274 e. The average molecular weight is 433 g/mol. The quantitative estimate of drug-likeness (QED) is 0.622. The van der Waals surface area contributed by atoms with Gasteiger partial charge in [-0.25, -0.2) is 9.07 Å². The number of aromatic nitrogens is 2. The Kier molecular flexibility index (Phi) is 5.79. The number of benzene rings is 2. The van der Waals surface area contributed by atoms with Crippen LogP contribution in [-0.2, 0) is 19.4 Å². The van der Waals surface area contributed by atoms with Crippen LogP contribution >= 0.6 is 0 Å². The first kappa shape index (κ1) is 20.9. The van der Waals surface area contributed by atoms with E-state index in [1.54, 1.807) is 12.1 Å². The van der Waals surface area contributed by atoms with Crippen molar-refractivity contribution in [3.05, 3.63) is 82.4 Å². The van der Waals surface area contributed by atoms with Crippen LogP contribution in [-0.4, -0.2) is 51.7 Å². The third kappa shape index (κ3) is 4.19. The van der Waals surface area contributed by atoms with E-state index in [-0.39, 0.29) is 11.7 Å². The molecular formula is C26H29FN4O. The van der Waals surface area contributed by atoms with E-state index in [1.807, 2.05) is 9.58 Å². The standard InChI is InChI=1S/C26H29FN4O/c1-19-6-8-20(9-7-19)18-29-14-3-15-30(17-16-29)26(32)25-23-4-2-5-24(23)31(28-25)22-12-10-21(27)11-13-22/h6-13H,2-5,14-18H2,1H3. The normalized spacial score (nSPS) is 16.8. The number of aryl methyl sites for hydroxylation is 1. The first-order valence-corrected chi connectivity index (χ1v) is 11.5. The molecule has 166 valence electrons. The predicted molar refractivity (Wildman–Crippen MR) is 123 cm³/mol. The van der Waals surface area contributed by atoms with Gasteiger partial charge in [0.15, 0.2) is 5.69 Å². The van der Waals surface area contributed by atoms with E-state index in [0.29, 0.717) is 12.2 Å². The lowest BCUT2D eigenvalue weighted by molar-refractivity contribution is 0.0753. The van der Waals surface area contributed by atoms with Gasteiger partial charge in [0.2, 0.25) is 0 Å². The van der Waals surface area contributed by atoms with Crippen LogP contribution in [0.1, 0.15) is 45.7 Å². The fourth-order valence-corrected chi connectivity index (χ4v) is 4.84. The van der Waals surface area contributed by atoms with Crippen molar-refractivity contribution >= 4 is 5.91 Å². The monoisotopic (exact) mass is 432 g/mol. The number of hydrogen-bond acceptors (Lipinski definition) is 3. The zero-order valence-electron chi connectivity index (χ0n) is 18.6. The molecule has 0 spiro atoms. The SMILES string of the molecule is Cc1ccc(CN2CCCN(C(=O)c3nn(-c4ccc(F)cc4)c4c3CCC4)CC2)cc1. The zero-order valence-corrected chi connectivity index (χ0v) is 18.6. The molecule has 1 fully saturated rings. The van der Waals surface area contributed by atoms with Crippen LogP contribution in [0.5, 0.6) is 0 Å². The second-order valence-electron chi connectivity index (χ2n) is 8.92. The van der Waals surface area contributed by atoms with Gasteiger partial charge in [-0.05, 0) is 62.4 Å². The van der Waals surface area contributed by atoms with Gasteiger partial charge < -0.3 is 4.90 Å². The van der Waals surface area contributed by atoms with E-state index in [0.717, 1.165) is 68.8 Å². The largest absolute Gasteiger partial charge is 0.336 e. The molecule has 0 unspecified atom stereocenters. The van der Waals surface area contributed by atoms with Gasteiger partial charge >= 0.3 is 0 Å². The molecule has 0 saturated carbocycles. The second-order valence-corrected chi connectivity index (χ2v) is 8.92. The van der Waals surface area contributed by atoms with Crippen molar-refractivity contribution < 1.29 is 9.18 Å². The zero-order chi connectivity index (χ0) is 22.1. The van der Waals surface area contributed by atoms with Crippen molar-refractivity contribution in [1.82, 2.24) is 19.6 Å². The van der Waals surface area contributed by atoms with E-state index in [2.05, 4.69) is 36.1 Å². The van der Waals surface area contributed by atoms with Gasteiger partial charge in [0.25, 0.3) is 5.91 Å². The molecule has 5 rings (SSSR count). The molecule has 0 atom stereocenters. The summed E-state index contributed by atoms with van der Waals surface area (Å²) < 4.78 is 15.2. The Morgan fingerprint density at radius 1 is 0.938 bits per heavy atom. The van der Waals surface area contributed by atoms with Crippen LogP contribution in [0.2, 0.25) is 0 Å². The number of amides is 1. The van der Waals surface area contributed by atoms with Crippen LogP contribution in [0.25, 0.3) is 5.69 Å². The van der Waals surface area contributed by atoms with Crippen molar-refractivity contribution in [2.45, 2.75) is 39.2 Å². The molecule has 1 saturated heterocycles. The van der Waals surface area contributed by atoms with Gasteiger partial charge in [0, 0.05) is 44.0 Å². The van der Waals surface area contributed by atoms with Gasteiger partial charge in [-0.15, -0.1) is 0 Å². The topological polar surface area (TPSA) is 41.4 Å². The van der Waals surface area contributed by atoms with E-state index in [1.165, 1.54) is 23.3 Å². The lowest BCUT2D eigenvalue weighted by Crippen LogP contribution is -2.35. The Morgan fingerprint density at radius 3 is 2.50 bits per heavy atom. The third-order valence-corrected chi connectivity index (χ3v) is 6.61. The smallest absolute Gasteiger partial charge is 0.274 e. The molecule has 5 nitrogen and oxygen atoms in total. The maximum atomic E-state index is 13.5. The van der Waals surface area contributed by atoms with E-state index >= 15 is 0 Å². The third-order valence-electron chi connectivity index (χ3n) is 6.61. The predicted octanol–water partition coefficient (Wildman–Crippen LogP) is 4.16. The number of rotatable bonds is 4. The molecule has 6 heteroatoms.